The maximum atomic E-state index is 5.60. The number of H-pyrrole nitrogens is 1. The minimum atomic E-state index is 0.462. The lowest BCUT2D eigenvalue weighted by atomic mass is 10.0. The average Bonchev–Trinajstić information content (AvgIpc) is 3.15. The zero-order valence-electron chi connectivity index (χ0n) is 13.0. The van der Waals surface area contributed by atoms with Gasteiger partial charge in [0.2, 0.25) is 0 Å². The third-order valence-corrected chi connectivity index (χ3v) is 4.78. The Bertz CT molecular complexity index is 666. The topological polar surface area (TPSA) is 54.0 Å². The Kier molecular flexibility index (Phi) is 3.68. The van der Waals surface area contributed by atoms with Crippen LogP contribution in [0.2, 0.25) is 0 Å². The molecule has 1 atom stereocenters. The maximum absolute atomic E-state index is 5.60. The van der Waals surface area contributed by atoms with E-state index in [9.17, 15) is 0 Å². The van der Waals surface area contributed by atoms with Gasteiger partial charge in [-0.2, -0.15) is 5.10 Å². The number of aromatic nitrogens is 3. The number of hydrogen-bond donors (Lipinski definition) is 1. The summed E-state index contributed by atoms with van der Waals surface area (Å²) < 4.78 is 5.60. The van der Waals surface area contributed by atoms with Gasteiger partial charge in [0, 0.05) is 42.7 Å². The largest absolute Gasteiger partial charge is 0.376 e. The number of rotatable bonds is 3. The quantitative estimate of drug-likeness (QED) is 0.946. The lowest BCUT2D eigenvalue weighted by molar-refractivity contribution is 0.108. The van der Waals surface area contributed by atoms with Gasteiger partial charge < -0.3 is 4.74 Å². The van der Waals surface area contributed by atoms with Gasteiger partial charge in [-0.3, -0.25) is 15.0 Å². The van der Waals surface area contributed by atoms with Crippen LogP contribution in [0.5, 0.6) is 0 Å². The van der Waals surface area contributed by atoms with Crippen molar-refractivity contribution in [3.8, 4) is 0 Å². The summed E-state index contributed by atoms with van der Waals surface area (Å²) in [5, 5.41) is 7.74. The molecule has 0 amide bonds. The number of ether oxygens (including phenoxy) is 1. The summed E-state index contributed by atoms with van der Waals surface area (Å²) in [4.78, 5) is 6.89. The van der Waals surface area contributed by atoms with E-state index < -0.39 is 0 Å². The molecule has 1 saturated heterocycles. The Morgan fingerprint density at radius 3 is 3.27 bits per heavy atom. The molecule has 0 bridgehead atoms. The van der Waals surface area contributed by atoms with Crippen molar-refractivity contribution in [2.75, 3.05) is 13.2 Å². The van der Waals surface area contributed by atoms with Gasteiger partial charge in [0.05, 0.1) is 18.9 Å². The molecule has 0 saturated carbocycles. The van der Waals surface area contributed by atoms with Crippen molar-refractivity contribution in [2.45, 2.75) is 45.4 Å². The van der Waals surface area contributed by atoms with E-state index in [0.717, 1.165) is 31.8 Å². The smallest absolute Gasteiger partial charge is 0.0820 e. The van der Waals surface area contributed by atoms with Crippen LogP contribution >= 0.6 is 0 Å². The minimum Gasteiger partial charge on any atom is -0.376 e. The molecule has 5 nitrogen and oxygen atoms in total. The van der Waals surface area contributed by atoms with Crippen molar-refractivity contribution in [3.63, 3.8) is 0 Å². The first kappa shape index (κ1) is 13.9. The number of pyridine rings is 1. The summed E-state index contributed by atoms with van der Waals surface area (Å²) in [6.45, 7) is 5.63. The number of nitrogens with zero attached hydrogens (tertiary/aromatic N) is 3. The third-order valence-electron chi connectivity index (χ3n) is 4.78. The van der Waals surface area contributed by atoms with Gasteiger partial charge in [0.1, 0.15) is 0 Å². The Morgan fingerprint density at radius 2 is 2.36 bits per heavy atom. The standard InChI is InChI=1S/C17H22N4O/c1-12-7-13(9-18-8-12)17-3-2-5-21(17)10-16-14-11-22-6-4-15(14)19-20-16/h7-9,17H,2-6,10-11H2,1H3,(H,19,20). The first-order valence-electron chi connectivity index (χ1n) is 8.09. The highest BCUT2D eigenvalue weighted by atomic mass is 16.5. The molecule has 1 fully saturated rings. The van der Waals surface area contributed by atoms with Crippen LogP contribution in [0.4, 0.5) is 0 Å². The highest BCUT2D eigenvalue weighted by molar-refractivity contribution is 5.27. The molecule has 5 heteroatoms. The fourth-order valence-electron chi connectivity index (χ4n) is 3.65. The van der Waals surface area contributed by atoms with Crippen LogP contribution in [0.15, 0.2) is 18.5 Å². The summed E-state index contributed by atoms with van der Waals surface area (Å²) in [5.41, 5.74) is 6.25. The Balaban J connectivity index is 1.56. The van der Waals surface area contributed by atoms with E-state index >= 15 is 0 Å². The first-order valence-corrected chi connectivity index (χ1v) is 8.09. The van der Waals surface area contributed by atoms with Gasteiger partial charge in [-0.1, -0.05) is 6.07 Å². The van der Waals surface area contributed by atoms with Crippen molar-refractivity contribution in [1.82, 2.24) is 20.1 Å². The molecule has 4 heterocycles. The van der Waals surface area contributed by atoms with Gasteiger partial charge in [0.25, 0.3) is 0 Å². The molecule has 22 heavy (non-hydrogen) atoms. The molecule has 0 aliphatic carbocycles. The molecule has 2 aromatic heterocycles. The normalized spacial score (nSPS) is 22.0. The molecule has 2 aliphatic heterocycles. The van der Waals surface area contributed by atoms with Crippen LogP contribution in [-0.2, 0) is 24.3 Å². The third kappa shape index (κ3) is 2.55. The fraction of sp³-hybridized carbons (Fsp3) is 0.529. The monoisotopic (exact) mass is 298 g/mol. The fourth-order valence-corrected chi connectivity index (χ4v) is 3.65. The molecule has 2 aromatic rings. The zero-order chi connectivity index (χ0) is 14.9. The first-order chi connectivity index (χ1) is 10.8. The molecule has 0 radical (unpaired) electrons. The lowest BCUT2D eigenvalue weighted by Crippen LogP contribution is -2.24. The molecular weight excluding hydrogens is 276 g/mol. The Labute approximate surface area is 130 Å². The molecule has 2 aliphatic rings. The van der Waals surface area contributed by atoms with Gasteiger partial charge in [-0.25, -0.2) is 0 Å². The highest BCUT2D eigenvalue weighted by Gasteiger charge is 2.28. The van der Waals surface area contributed by atoms with Crippen LogP contribution in [0.3, 0.4) is 0 Å². The van der Waals surface area contributed by atoms with E-state index in [1.807, 2.05) is 12.4 Å². The molecule has 1 unspecified atom stereocenters. The second-order valence-corrected chi connectivity index (χ2v) is 6.35. The number of hydrogen-bond acceptors (Lipinski definition) is 4. The number of aryl methyl sites for hydroxylation is 1. The second kappa shape index (κ2) is 5.82. The number of likely N-dealkylation sites (tertiary alicyclic amines) is 1. The van der Waals surface area contributed by atoms with E-state index in [-0.39, 0.29) is 0 Å². The van der Waals surface area contributed by atoms with Gasteiger partial charge in [-0.05, 0) is 37.4 Å². The van der Waals surface area contributed by atoms with Crippen LogP contribution in [0, 0.1) is 6.92 Å². The van der Waals surface area contributed by atoms with E-state index in [4.69, 9.17) is 4.74 Å². The van der Waals surface area contributed by atoms with Crippen molar-refractivity contribution in [3.05, 3.63) is 46.5 Å². The summed E-state index contributed by atoms with van der Waals surface area (Å²) in [7, 11) is 0. The summed E-state index contributed by atoms with van der Waals surface area (Å²) in [6.07, 6.45) is 7.33. The van der Waals surface area contributed by atoms with Crippen molar-refractivity contribution in [2.24, 2.45) is 0 Å². The van der Waals surface area contributed by atoms with Gasteiger partial charge >= 0.3 is 0 Å². The molecule has 0 spiro atoms. The van der Waals surface area contributed by atoms with Crippen LogP contribution in [-0.4, -0.2) is 33.2 Å². The molecule has 116 valence electrons. The summed E-state index contributed by atoms with van der Waals surface area (Å²) >= 11 is 0. The predicted octanol–water partition coefficient (Wildman–Crippen LogP) is 2.52. The highest BCUT2D eigenvalue weighted by Crippen LogP contribution is 2.33. The Hall–Kier alpha value is -1.72. The predicted molar refractivity (Wildman–Crippen MR) is 83.3 cm³/mol. The average molecular weight is 298 g/mol. The van der Waals surface area contributed by atoms with Crippen LogP contribution < -0.4 is 0 Å². The number of nitrogens with one attached hydrogen (secondary N) is 1. The summed E-state index contributed by atoms with van der Waals surface area (Å²) in [5.74, 6) is 0. The summed E-state index contributed by atoms with van der Waals surface area (Å²) in [6, 6.07) is 2.73. The Morgan fingerprint density at radius 1 is 1.41 bits per heavy atom. The van der Waals surface area contributed by atoms with E-state index in [2.05, 4.69) is 33.1 Å². The van der Waals surface area contributed by atoms with Crippen molar-refractivity contribution < 1.29 is 4.74 Å². The molecule has 1 N–H and O–H groups in total. The van der Waals surface area contributed by atoms with Crippen molar-refractivity contribution in [1.29, 1.82) is 0 Å². The minimum absolute atomic E-state index is 0.462. The van der Waals surface area contributed by atoms with E-state index in [1.165, 1.54) is 35.2 Å². The molecule has 0 aromatic carbocycles. The molecular formula is C17H22N4O. The SMILES string of the molecule is Cc1cncc(C2CCCN2Cc2n[nH]c3c2COCC3)c1. The van der Waals surface area contributed by atoms with E-state index in [1.54, 1.807) is 0 Å². The zero-order valence-corrected chi connectivity index (χ0v) is 13.0. The second-order valence-electron chi connectivity index (χ2n) is 6.35. The number of fused-ring (bicyclic) bond motifs is 1. The van der Waals surface area contributed by atoms with E-state index in [0.29, 0.717) is 12.6 Å². The van der Waals surface area contributed by atoms with Gasteiger partial charge in [0.15, 0.2) is 0 Å². The van der Waals surface area contributed by atoms with Crippen LogP contribution in [0.25, 0.3) is 0 Å². The lowest BCUT2D eigenvalue weighted by Gasteiger charge is -2.24. The maximum Gasteiger partial charge on any atom is 0.0820 e. The van der Waals surface area contributed by atoms with Crippen LogP contribution in [0.1, 0.15) is 47.0 Å². The molecule has 4 rings (SSSR count). The van der Waals surface area contributed by atoms with Gasteiger partial charge in [-0.15, -0.1) is 0 Å². The van der Waals surface area contributed by atoms with Crippen molar-refractivity contribution >= 4 is 0 Å². The number of aromatic amines is 1.